The van der Waals surface area contributed by atoms with Gasteiger partial charge in [0.15, 0.2) is 0 Å². The molecule has 100 valence electrons. The van der Waals surface area contributed by atoms with Gasteiger partial charge in [-0.3, -0.25) is 0 Å². The van der Waals surface area contributed by atoms with Crippen LogP contribution in [0.3, 0.4) is 0 Å². The number of aryl methyl sites for hydroxylation is 1. The van der Waals surface area contributed by atoms with Gasteiger partial charge in [-0.15, -0.1) is 0 Å². The van der Waals surface area contributed by atoms with Crippen LogP contribution in [0.2, 0.25) is 0 Å². The number of nitrogens with two attached hydrogens (primary N) is 1. The Morgan fingerprint density at radius 3 is 2.74 bits per heavy atom. The summed E-state index contributed by atoms with van der Waals surface area (Å²) in [4.78, 5) is 4.16. The molecule has 1 aromatic carbocycles. The zero-order valence-corrected chi connectivity index (χ0v) is 10.6. The highest BCUT2D eigenvalue weighted by atomic mass is 19.1. The monoisotopic (exact) mass is 263 g/mol. The van der Waals surface area contributed by atoms with Crippen LogP contribution < -0.4 is 11.1 Å². The molecule has 0 amide bonds. The molecule has 0 aliphatic heterocycles. The zero-order valence-electron chi connectivity index (χ0n) is 10.6. The minimum atomic E-state index is -0.565. The van der Waals surface area contributed by atoms with Gasteiger partial charge in [-0.2, -0.15) is 0 Å². The Balaban J connectivity index is 1.96. The van der Waals surface area contributed by atoms with Crippen LogP contribution in [0, 0.1) is 18.6 Å². The average molecular weight is 263 g/mol. The molecule has 1 heterocycles. The second-order valence-corrected chi connectivity index (χ2v) is 4.35. The highest BCUT2D eigenvalue weighted by Gasteiger charge is 2.04. The molecule has 2 rings (SSSR count). The summed E-state index contributed by atoms with van der Waals surface area (Å²) in [6.45, 7) is 2.41. The van der Waals surface area contributed by atoms with E-state index in [0.717, 1.165) is 17.4 Å². The quantitative estimate of drug-likeness (QED) is 0.891. The fourth-order valence-electron chi connectivity index (χ4n) is 1.82. The number of hydrogen-bond donors (Lipinski definition) is 2. The third kappa shape index (κ3) is 3.40. The van der Waals surface area contributed by atoms with Gasteiger partial charge in [0.05, 0.1) is 11.9 Å². The highest BCUT2D eigenvalue weighted by molar-refractivity contribution is 5.50. The summed E-state index contributed by atoms with van der Waals surface area (Å²) in [6, 6.07) is 5.41. The van der Waals surface area contributed by atoms with E-state index in [1.165, 1.54) is 12.1 Å². The standard InChI is InChI=1S/C14H15F2N3/c1-9-6-12(17)8-19-14(9)18-5-4-10-2-3-11(15)7-13(10)16/h2-3,6-8H,4-5,17H2,1H3,(H,18,19). The van der Waals surface area contributed by atoms with E-state index in [0.29, 0.717) is 24.2 Å². The van der Waals surface area contributed by atoms with Crippen molar-refractivity contribution < 1.29 is 8.78 Å². The molecular formula is C14H15F2N3. The first-order valence-corrected chi connectivity index (χ1v) is 5.96. The van der Waals surface area contributed by atoms with Crippen molar-refractivity contribution in [1.29, 1.82) is 0 Å². The van der Waals surface area contributed by atoms with Crippen LogP contribution in [0.5, 0.6) is 0 Å². The van der Waals surface area contributed by atoms with E-state index >= 15 is 0 Å². The normalized spacial score (nSPS) is 10.5. The number of benzene rings is 1. The van der Waals surface area contributed by atoms with Crippen molar-refractivity contribution in [3.8, 4) is 0 Å². The Morgan fingerprint density at radius 2 is 2.05 bits per heavy atom. The topological polar surface area (TPSA) is 50.9 Å². The lowest BCUT2D eigenvalue weighted by atomic mass is 10.1. The molecule has 0 saturated heterocycles. The maximum absolute atomic E-state index is 13.4. The predicted octanol–water partition coefficient (Wildman–Crippen LogP) is 2.91. The Bertz CT molecular complexity index is 533. The van der Waals surface area contributed by atoms with Gasteiger partial charge in [0, 0.05) is 12.6 Å². The lowest BCUT2D eigenvalue weighted by Crippen LogP contribution is -2.09. The number of pyridine rings is 1. The highest BCUT2D eigenvalue weighted by Crippen LogP contribution is 2.14. The van der Waals surface area contributed by atoms with E-state index in [-0.39, 0.29) is 0 Å². The molecule has 0 atom stereocenters. The van der Waals surface area contributed by atoms with Gasteiger partial charge >= 0.3 is 0 Å². The Kier molecular flexibility index (Phi) is 3.94. The second kappa shape index (κ2) is 5.65. The summed E-state index contributed by atoms with van der Waals surface area (Å²) in [5.41, 5.74) is 7.61. The third-order valence-corrected chi connectivity index (χ3v) is 2.80. The van der Waals surface area contributed by atoms with Crippen LogP contribution in [-0.2, 0) is 6.42 Å². The van der Waals surface area contributed by atoms with Gasteiger partial charge in [-0.1, -0.05) is 6.07 Å². The van der Waals surface area contributed by atoms with Crippen molar-refractivity contribution in [2.75, 3.05) is 17.6 Å². The summed E-state index contributed by atoms with van der Waals surface area (Å²) in [5, 5.41) is 3.10. The first kappa shape index (κ1) is 13.3. The van der Waals surface area contributed by atoms with Gasteiger partial charge in [0.1, 0.15) is 17.5 Å². The SMILES string of the molecule is Cc1cc(N)cnc1NCCc1ccc(F)cc1F. The van der Waals surface area contributed by atoms with Crippen molar-refractivity contribution >= 4 is 11.5 Å². The van der Waals surface area contributed by atoms with E-state index in [4.69, 9.17) is 5.73 Å². The van der Waals surface area contributed by atoms with Gasteiger partial charge in [0.25, 0.3) is 0 Å². The largest absolute Gasteiger partial charge is 0.397 e. The van der Waals surface area contributed by atoms with Gasteiger partial charge < -0.3 is 11.1 Å². The summed E-state index contributed by atoms with van der Waals surface area (Å²) in [6.07, 6.45) is 2.02. The number of halogens is 2. The number of aromatic nitrogens is 1. The lowest BCUT2D eigenvalue weighted by Gasteiger charge is -2.09. The number of rotatable bonds is 4. The molecule has 3 N–H and O–H groups in total. The number of nitrogen functional groups attached to an aromatic ring is 1. The van der Waals surface area contributed by atoms with Crippen molar-refractivity contribution in [1.82, 2.24) is 4.98 Å². The van der Waals surface area contributed by atoms with Crippen molar-refractivity contribution in [2.24, 2.45) is 0 Å². The van der Waals surface area contributed by atoms with Gasteiger partial charge in [-0.05, 0) is 36.6 Å². The molecule has 0 radical (unpaired) electrons. The van der Waals surface area contributed by atoms with Gasteiger partial charge in [0.2, 0.25) is 0 Å². The Labute approximate surface area is 110 Å². The van der Waals surface area contributed by atoms with E-state index in [2.05, 4.69) is 10.3 Å². The van der Waals surface area contributed by atoms with Crippen LogP contribution in [-0.4, -0.2) is 11.5 Å². The van der Waals surface area contributed by atoms with Crippen LogP contribution in [0.15, 0.2) is 30.5 Å². The summed E-state index contributed by atoms with van der Waals surface area (Å²) in [7, 11) is 0. The van der Waals surface area contributed by atoms with Crippen molar-refractivity contribution in [3.05, 3.63) is 53.2 Å². The first-order valence-electron chi connectivity index (χ1n) is 5.96. The minimum Gasteiger partial charge on any atom is -0.397 e. The Hall–Kier alpha value is -2.17. The van der Waals surface area contributed by atoms with E-state index < -0.39 is 11.6 Å². The molecule has 0 saturated carbocycles. The molecule has 5 heteroatoms. The molecule has 3 nitrogen and oxygen atoms in total. The van der Waals surface area contributed by atoms with Crippen LogP contribution in [0.1, 0.15) is 11.1 Å². The zero-order chi connectivity index (χ0) is 13.8. The van der Waals surface area contributed by atoms with E-state index in [1.807, 2.05) is 13.0 Å². The maximum atomic E-state index is 13.4. The molecule has 0 fully saturated rings. The molecule has 19 heavy (non-hydrogen) atoms. The average Bonchev–Trinajstić information content (AvgIpc) is 2.34. The molecular weight excluding hydrogens is 248 g/mol. The number of anilines is 2. The molecule has 0 bridgehead atoms. The number of nitrogens with one attached hydrogen (secondary N) is 1. The number of nitrogens with zero attached hydrogens (tertiary/aromatic N) is 1. The summed E-state index contributed by atoms with van der Waals surface area (Å²) in [5.74, 6) is -0.370. The smallest absolute Gasteiger partial charge is 0.129 e. The summed E-state index contributed by atoms with van der Waals surface area (Å²) < 4.78 is 26.2. The second-order valence-electron chi connectivity index (χ2n) is 4.35. The van der Waals surface area contributed by atoms with Crippen LogP contribution in [0.25, 0.3) is 0 Å². The van der Waals surface area contributed by atoms with Crippen LogP contribution in [0.4, 0.5) is 20.3 Å². The molecule has 0 aliphatic rings. The lowest BCUT2D eigenvalue weighted by molar-refractivity contribution is 0.572. The third-order valence-electron chi connectivity index (χ3n) is 2.80. The van der Waals surface area contributed by atoms with E-state index in [1.54, 1.807) is 6.20 Å². The Morgan fingerprint density at radius 1 is 1.26 bits per heavy atom. The first-order chi connectivity index (χ1) is 9.06. The molecule has 1 aromatic heterocycles. The van der Waals surface area contributed by atoms with Crippen LogP contribution >= 0.6 is 0 Å². The van der Waals surface area contributed by atoms with E-state index in [9.17, 15) is 8.78 Å². The van der Waals surface area contributed by atoms with Crippen molar-refractivity contribution in [3.63, 3.8) is 0 Å². The fourth-order valence-corrected chi connectivity index (χ4v) is 1.82. The molecule has 0 unspecified atom stereocenters. The predicted molar refractivity (Wildman–Crippen MR) is 71.9 cm³/mol. The number of hydrogen-bond acceptors (Lipinski definition) is 3. The maximum Gasteiger partial charge on any atom is 0.129 e. The molecule has 0 spiro atoms. The van der Waals surface area contributed by atoms with Gasteiger partial charge in [-0.25, -0.2) is 13.8 Å². The molecule has 0 aliphatic carbocycles. The minimum absolute atomic E-state index is 0.456. The van der Waals surface area contributed by atoms with Crippen molar-refractivity contribution in [2.45, 2.75) is 13.3 Å². The summed E-state index contributed by atoms with van der Waals surface area (Å²) >= 11 is 0. The molecule has 2 aromatic rings. The fraction of sp³-hybridized carbons (Fsp3) is 0.214.